The molecular formula is C24H32O9. The summed E-state index contributed by atoms with van der Waals surface area (Å²) in [4.78, 5) is 37.2. The van der Waals surface area contributed by atoms with Crippen LogP contribution in [0.3, 0.4) is 0 Å². The predicted octanol–water partition coefficient (Wildman–Crippen LogP) is 1.67. The topological polar surface area (TPSA) is 140 Å². The monoisotopic (exact) mass is 464 g/mol. The van der Waals surface area contributed by atoms with Gasteiger partial charge in [0.15, 0.2) is 6.61 Å². The van der Waals surface area contributed by atoms with Gasteiger partial charge in [-0.25, -0.2) is 14.4 Å². The van der Waals surface area contributed by atoms with Gasteiger partial charge in [-0.1, -0.05) is 37.0 Å². The lowest BCUT2D eigenvalue weighted by Crippen LogP contribution is -2.63. The minimum atomic E-state index is -2.63. The number of ether oxygens (including phenoxy) is 3. The lowest BCUT2D eigenvalue weighted by atomic mass is 9.81. The first-order chi connectivity index (χ1) is 15.7. The minimum Gasteiger partial charge on any atom is -0.454 e. The summed E-state index contributed by atoms with van der Waals surface area (Å²) in [5.74, 6) is -5.77. The number of allylic oxidation sites excluding steroid dienone is 4. The molecule has 0 bridgehead atoms. The van der Waals surface area contributed by atoms with Crippen molar-refractivity contribution in [3.05, 3.63) is 74.4 Å². The summed E-state index contributed by atoms with van der Waals surface area (Å²) in [7, 11) is 0. The fourth-order valence-electron chi connectivity index (χ4n) is 2.80. The van der Waals surface area contributed by atoms with E-state index in [-0.39, 0.29) is 12.0 Å². The van der Waals surface area contributed by atoms with Gasteiger partial charge in [-0.2, -0.15) is 0 Å². The molecule has 0 aliphatic carbocycles. The molecular weight excluding hydrogens is 432 g/mol. The van der Waals surface area contributed by atoms with Gasteiger partial charge in [0.25, 0.3) is 0 Å². The van der Waals surface area contributed by atoms with Crippen LogP contribution >= 0.6 is 0 Å². The Bertz CT molecular complexity index is 769. The number of hydrogen-bond donors (Lipinski definition) is 3. The van der Waals surface area contributed by atoms with Crippen molar-refractivity contribution in [1.82, 2.24) is 0 Å². The Hall–Kier alpha value is -3.27. The molecule has 0 heterocycles. The van der Waals surface area contributed by atoms with Gasteiger partial charge in [0.05, 0.1) is 19.8 Å². The van der Waals surface area contributed by atoms with E-state index in [4.69, 9.17) is 14.2 Å². The molecule has 0 amide bonds. The third kappa shape index (κ3) is 7.67. The molecule has 0 aliphatic rings. The fraction of sp³-hybridized carbons (Fsp3) is 0.375. The van der Waals surface area contributed by atoms with Crippen LogP contribution in [0.2, 0.25) is 0 Å². The summed E-state index contributed by atoms with van der Waals surface area (Å²) >= 11 is 0. The first-order valence-corrected chi connectivity index (χ1v) is 9.94. The second kappa shape index (κ2) is 14.7. The molecule has 0 aromatic rings. The molecule has 0 aromatic carbocycles. The quantitative estimate of drug-likeness (QED) is 0.127. The van der Waals surface area contributed by atoms with Crippen molar-refractivity contribution in [3.63, 3.8) is 0 Å². The summed E-state index contributed by atoms with van der Waals surface area (Å²) in [5.41, 5.74) is -1.49. The lowest BCUT2D eigenvalue weighted by molar-refractivity contribution is -0.302. The van der Waals surface area contributed by atoms with E-state index < -0.39 is 55.5 Å². The molecule has 1 unspecified atom stereocenters. The van der Waals surface area contributed by atoms with Gasteiger partial charge in [-0.3, -0.25) is 0 Å². The number of hydrogen-bond acceptors (Lipinski definition) is 9. The van der Waals surface area contributed by atoms with Crippen LogP contribution in [0.25, 0.3) is 0 Å². The lowest BCUT2D eigenvalue weighted by Gasteiger charge is -2.44. The van der Waals surface area contributed by atoms with Gasteiger partial charge in [-0.15, -0.1) is 19.7 Å². The van der Waals surface area contributed by atoms with Gasteiger partial charge in [0.2, 0.25) is 0 Å². The average Bonchev–Trinajstić information content (AvgIpc) is 2.81. The van der Waals surface area contributed by atoms with Crippen LogP contribution in [0.15, 0.2) is 74.4 Å². The Balaban J connectivity index is 6.87. The number of esters is 3. The van der Waals surface area contributed by atoms with E-state index in [0.29, 0.717) is 18.4 Å². The molecule has 182 valence electrons. The number of carbonyl (C=O) groups is 3. The van der Waals surface area contributed by atoms with E-state index in [1.165, 1.54) is 6.08 Å². The van der Waals surface area contributed by atoms with Crippen LogP contribution in [-0.2, 0) is 28.6 Å². The average molecular weight is 465 g/mol. The Morgan fingerprint density at radius 3 is 1.61 bits per heavy atom. The maximum Gasteiger partial charge on any atom is 0.337 e. The molecule has 9 heteroatoms. The maximum atomic E-state index is 13.3. The summed E-state index contributed by atoms with van der Waals surface area (Å²) in [5, 5.41) is 30.0. The highest BCUT2D eigenvalue weighted by molar-refractivity contribution is 5.90. The molecule has 0 saturated carbocycles. The van der Waals surface area contributed by atoms with Crippen molar-refractivity contribution in [3.8, 4) is 0 Å². The Kier molecular flexibility index (Phi) is 13.3. The molecule has 3 N–H and O–H groups in total. The van der Waals surface area contributed by atoms with Gasteiger partial charge in [-0.05, 0) is 19.3 Å². The highest BCUT2D eigenvalue weighted by Gasteiger charge is 2.59. The molecule has 0 spiro atoms. The van der Waals surface area contributed by atoms with Crippen molar-refractivity contribution < 1.29 is 43.9 Å². The third-order valence-corrected chi connectivity index (χ3v) is 4.78. The molecule has 0 aromatic heterocycles. The van der Waals surface area contributed by atoms with Crippen LogP contribution in [0.1, 0.15) is 19.3 Å². The maximum absolute atomic E-state index is 13.3. The van der Waals surface area contributed by atoms with Gasteiger partial charge < -0.3 is 29.5 Å². The Morgan fingerprint density at radius 2 is 1.21 bits per heavy atom. The van der Waals surface area contributed by atoms with Gasteiger partial charge >= 0.3 is 23.7 Å². The first-order valence-electron chi connectivity index (χ1n) is 9.94. The number of carbonyl (C=O) groups excluding carboxylic acids is 3. The van der Waals surface area contributed by atoms with Crippen LogP contribution in [0.4, 0.5) is 0 Å². The molecule has 0 rings (SSSR count). The van der Waals surface area contributed by atoms with E-state index in [2.05, 4.69) is 32.9 Å². The van der Waals surface area contributed by atoms with Crippen molar-refractivity contribution in [2.75, 3.05) is 26.4 Å². The predicted molar refractivity (Wildman–Crippen MR) is 121 cm³/mol. The van der Waals surface area contributed by atoms with Crippen LogP contribution in [0, 0.1) is 5.41 Å². The molecule has 0 radical (unpaired) electrons. The summed E-state index contributed by atoms with van der Waals surface area (Å²) < 4.78 is 15.7. The van der Waals surface area contributed by atoms with Gasteiger partial charge in [0, 0.05) is 17.7 Å². The number of aliphatic hydroxyl groups is 3. The summed E-state index contributed by atoms with van der Waals surface area (Å²) in [6.07, 6.45) is 6.72. The highest BCUT2D eigenvalue weighted by Crippen LogP contribution is 2.38. The number of aliphatic hydroxyl groups excluding tert-OH is 3. The molecule has 9 nitrogen and oxygen atoms in total. The molecule has 0 aliphatic heterocycles. The van der Waals surface area contributed by atoms with Crippen molar-refractivity contribution in [2.24, 2.45) is 5.41 Å². The second-order valence-corrected chi connectivity index (χ2v) is 6.89. The Morgan fingerprint density at radius 1 is 0.727 bits per heavy atom. The van der Waals surface area contributed by atoms with Crippen LogP contribution in [-0.4, -0.2) is 65.4 Å². The van der Waals surface area contributed by atoms with E-state index in [1.807, 2.05) is 0 Å². The molecule has 33 heavy (non-hydrogen) atoms. The second-order valence-electron chi connectivity index (χ2n) is 6.89. The highest BCUT2D eigenvalue weighted by atomic mass is 16.8. The molecule has 0 fully saturated rings. The van der Waals surface area contributed by atoms with E-state index in [0.717, 1.165) is 12.2 Å². The van der Waals surface area contributed by atoms with Crippen molar-refractivity contribution in [1.29, 1.82) is 0 Å². The van der Waals surface area contributed by atoms with Crippen LogP contribution < -0.4 is 0 Å². The molecule has 0 saturated heterocycles. The zero-order chi connectivity index (χ0) is 25.5. The van der Waals surface area contributed by atoms with Crippen molar-refractivity contribution in [2.45, 2.75) is 25.0 Å². The van der Waals surface area contributed by atoms with E-state index >= 15 is 0 Å². The standard InChI is InChI=1S/C24H32O9/c1-6-11-18(12-7-2)19(13-8-3)22(30)33-24(32-21(29)10-5,17-31-20(28)9-4)23(14-25,15-26)16-27/h6-10,25-27H,1-5,11-17H2. The third-order valence-electron chi connectivity index (χ3n) is 4.78. The SMILES string of the molecule is C=CCC(CC=C)=C(CC=C)C(=O)OC(COC(=O)C=C)(OC(=O)C=C)C(CO)(CO)CO. The summed E-state index contributed by atoms with van der Waals surface area (Å²) in [6.45, 7) is 13.4. The minimum absolute atomic E-state index is 0.0398. The Labute approximate surface area is 193 Å². The largest absolute Gasteiger partial charge is 0.454 e. The van der Waals surface area contributed by atoms with E-state index in [1.54, 1.807) is 12.2 Å². The number of rotatable bonds is 17. The van der Waals surface area contributed by atoms with Crippen molar-refractivity contribution >= 4 is 17.9 Å². The normalized spacial score (nSPS) is 12.3. The summed E-state index contributed by atoms with van der Waals surface area (Å²) in [6, 6.07) is 0. The van der Waals surface area contributed by atoms with Gasteiger partial charge in [0.1, 0.15) is 5.41 Å². The smallest absolute Gasteiger partial charge is 0.337 e. The fourth-order valence-corrected chi connectivity index (χ4v) is 2.80. The zero-order valence-corrected chi connectivity index (χ0v) is 18.7. The first kappa shape index (κ1) is 29.7. The molecule has 1 atom stereocenters. The zero-order valence-electron chi connectivity index (χ0n) is 18.7. The van der Waals surface area contributed by atoms with E-state index in [9.17, 15) is 29.7 Å². The van der Waals surface area contributed by atoms with Crippen LogP contribution in [0.5, 0.6) is 0 Å².